The summed E-state index contributed by atoms with van der Waals surface area (Å²) in [7, 11) is 0. The molecule has 3 aromatic rings. The first-order chi connectivity index (χ1) is 11.4. The molecule has 0 saturated heterocycles. The van der Waals surface area contributed by atoms with Crippen LogP contribution in [0.25, 0.3) is 5.69 Å². The van der Waals surface area contributed by atoms with Gasteiger partial charge < -0.3 is 0 Å². The van der Waals surface area contributed by atoms with Gasteiger partial charge in [-0.2, -0.15) is 0 Å². The molecule has 1 aromatic heterocycles. The molecular formula is C19H21N3S. The number of benzene rings is 2. The van der Waals surface area contributed by atoms with Crippen LogP contribution in [0.4, 0.5) is 0 Å². The lowest BCUT2D eigenvalue weighted by Gasteiger charge is -2.10. The molecule has 0 bridgehead atoms. The van der Waals surface area contributed by atoms with E-state index in [0.29, 0.717) is 0 Å². The molecule has 0 spiro atoms. The molecule has 4 heteroatoms. The summed E-state index contributed by atoms with van der Waals surface area (Å²) >= 11 is 1.79. The zero-order chi connectivity index (χ0) is 15.9. The molecule has 0 N–H and O–H groups in total. The fourth-order valence-corrected chi connectivity index (χ4v) is 3.48. The minimum atomic E-state index is 0.789. The Labute approximate surface area is 141 Å². The maximum Gasteiger partial charge on any atom is 0.195 e. The minimum Gasteiger partial charge on any atom is -0.274 e. The Morgan fingerprint density at radius 3 is 2.30 bits per heavy atom. The largest absolute Gasteiger partial charge is 0.274 e. The maximum atomic E-state index is 4.46. The lowest BCUT2D eigenvalue weighted by atomic mass is 10.1. The summed E-state index contributed by atoms with van der Waals surface area (Å²) in [6, 6.07) is 20.8. The van der Waals surface area contributed by atoms with Crippen molar-refractivity contribution >= 4 is 11.8 Å². The number of unbranched alkanes of at least 4 members (excludes halogenated alkanes) is 1. The molecule has 0 radical (unpaired) electrons. The number of thioether (sulfide) groups is 1. The summed E-state index contributed by atoms with van der Waals surface area (Å²) in [4.78, 5) is 0. The van der Waals surface area contributed by atoms with Gasteiger partial charge in [-0.1, -0.05) is 73.6 Å². The smallest absolute Gasteiger partial charge is 0.195 e. The zero-order valence-electron chi connectivity index (χ0n) is 13.4. The molecule has 0 aliphatic carbocycles. The maximum absolute atomic E-state index is 4.46. The summed E-state index contributed by atoms with van der Waals surface area (Å²) < 4.78 is 2.19. The highest BCUT2D eigenvalue weighted by Crippen LogP contribution is 2.24. The molecule has 0 fully saturated rings. The number of hydrogen-bond acceptors (Lipinski definition) is 3. The minimum absolute atomic E-state index is 0.789. The SMILES string of the molecule is CCCCSc1nnc(Cc2ccccc2)n1-c1ccccc1. The number of para-hydroxylation sites is 1. The molecular weight excluding hydrogens is 302 g/mol. The van der Waals surface area contributed by atoms with E-state index >= 15 is 0 Å². The highest BCUT2D eigenvalue weighted by Gasteiger charge is 2.14. The average Bonchev–Trinajstić information content (AvgIpc) is 2.99. The highest BCUT2D eigenvalue weighted by molar-refractivity contribution is 7.99. The second-order valence-corrected chi connectivity index (χ2v) is 6.50. The molecule has 3 rings (SSSR count). The molecule has 23 heavy (non-hydrogen) atoms. The standard InChI is InChI=1S/C19H21N3S/c1-2-3-14-23-19-21-20-18(15-16-10-6-4-7-11-16)22(19)17-12-8-5-9-13-17/h4-13H,2-3,14-15H2,1H3. The Morgan fingerprint density at radius 1 is 0.913 bits per heavy atom. The van der Waals surface area contributed by atoms with Gasteiger partial charge in [0.15, 0.2) is 5.16 Å². The van der Waals surface area contributed by atoms with Gasteiger partial charge in [0, 0.05) is 17.9 Å². The van der Waals surface area contributed by atoms with Gasteiger partial charge in [-0.3, -0.25) is 4.57 Å². The van der Waals surface area contributed by atoms with Crippen LogP contribution in [0.5, 0.6) is 0 Å². The van der Waals surface area contributed by atoms with Crippen molar-refractivity contribution in [2.75, 3.05) is 5.75 Å². The van der Waals surface area contributed by atoms with E-state index in [1.165, 1.54) is 18.4 Å². The lowest BCUT2D eigenvalue weighted by molar-refractivity contribution is 0.840. The number of aromatic nitrogens is 3. The molecule has 0 amide bonds. The predicted octanol–water partition coefficient (Wildman–Crippen LogP) is 4.75. The van der Waals surface area contributed by atoms with Gasteiger partial charge >= 0.3 is 0 Å². The normalized spacial score (nSPS) is 10.8. The monoisotopic (exact) mass is 323 g/mol. The summed E-state index contributed by atoms with van der Waals surface area (Å²) in [5, 5.41) is 9.88. The molecule has 2 aromatic carbocycles. The summed E-state index contributed by atoms with van der Waals surface area (Å²) in [6.07, 6.45) is 3.18. The van der Waals surface area contributed by atoms with E-state index < -0.39 is 0 Å². The van der Waals surface area contributed by atoms with Crippen LogP contribution in [0.3, 0.4) is 0 Å². The second kappa shape index (κ2) is 7.97. The van der Waals surface area contributed by atoms with Crippen LogP contribution in [0.1, 0.15) is 31.2 Å². The Hall–Kier alpha value is -2.07. The predicted molar refractivity (Wildman–Crippen MR) is 96.2 cm³/mol. The van der Waals surface area contributed by atoms with Crippen molar-refractivity contribution in [3.63, 3.8) is 0 Å². The Balaban J connectivity index is 1.92. The first-order valence-corrected chi connectivity index (χ1v) is 9.03. The third-order valence-electron chi connectivity index (χ3n) is 3.65. The third kappa shape index (κ3) is 4.02. The lowest BCUT2D eigenvalue weighted by Crippen LogP contribution is -2.03. The molecule has 3 nitrogen and oxygen atoms in total. The van der Waals surface area contributed by atoms with E-state index in [9.17, 15) is 0 Å². The molecule has 118 valence electrons. The topological polar surface area (TPSA) is 30.7 Å². The van der Waals surface area contributed by atoms with E-state index in [0.717, 1.165) is 28.8 Å². The van der Waals surface area contributed by atoms with Crippen LogP contribution in [-0.2, 0) is 6.42 Å². The van der Waals surface area contributed by atoms with E-state index in [1.54, 1.807) is 11.8 Å². The van der Waals surface area contributed by atoms with Gasteiger partial charge in [-0.15, -0.1) is 10.2 Å². The quantitative estimate of drug-likeness (QED) is 0.464. The van der Waals surface area contributed by atoms with Crippen molar-refractivity contribution < 1.29 is 0 Å². The van der Waals surface area contributed by atoms with Gasteiger partial charge in [-0.25, -0.2) is 0 Å². The molecule has 0 unspecified atom stereocenters. The Morgan fingerprint density at radius 2 is 1.61 bits per heavy atom. The van der Waals surface area contributed by atoms with E-state index in [2.05, 4.69) is 70.2 Å². The zero-order valence-corrected chi connectivity index (χ0v) is 14.2. The fraction of sp³-hybridized carbons (Fsp3) is 0.263. The summed E-state index contributed by atoms with van der Waals surface area (Å²) in [6.45, 7) is 2.21. The Kier molecular flexibility index (Phi) is 5.48. The first-order valence-electron chi connectivity index (χ1n) is 8.05. The van der Waals surface area contributed by atoms with Crippen molar-refractivity contribution in [1.82, 2.24) is 14.8 Å². The van der Waals surface area contributed by atoms with Gasteiger partial charge in [0.05, 0.1) is 0 Å². The molecule has 0 aliphatic heterocycles. The second-order valence-electron chi connectivity index (χ2n) is 5.43. The van der Waals surface area contributed by atoms with E-state index in [-0.39, 0.29) is 0 Å². The number of hydrogen-bond donors (Lipinski definition) is 0. The van der Waals surface area contributed by atoms with Gasteiger partial charge in [0.2, 0.25) is 0 Å². The van der Waals surface area contributed by atoms with Crippen LogP contribution in [0.2, 0.25) is 0 Å². The molecule has 1 heterocycles. The fourth-order valence-electron chi connectivity index (χ4n) is 2.43. The molecule has 0 aliphatic rings. The van der Waals surface area contributed by atoms with Gasteiger partial charge in [0.1, 0.15) is 5.82 Å². The van der Waals surface area contributed by atoms with Crippen molar-refractivity contribution in [3.8, 4) is 5.69 Å². The highest BCUT2D eigenvalue weighted by atomic mass is 32.2. The number of nitrogens with zero attached hydrogens (tertiary/aromatic N) is 3. The van der Waals surface area contributed by atoms with Gasteiger partial charge in [0.25, 0.3) is 0 Å². The van der Waals surface area contributed by atoms with Crippen LogP contribution in [0.15, 0.2) is 65.8 Å². The van der Waals surface area contributed by atoms with Crippen molar-refractivity contribution in [2.24, 2.45) is 0 Å². The van der Waals surface area contributed by atoms with Crippen LogP contribution < -0.4 is 0 Å². The van der Waals surface area contributed by atoms with Crippen LogP contribution in [-0.4, -0.2) is 20.5 Å². The summed E-state index contributed by atoms with van der Waals surface area (Å²) in [5.74, 6) is 2.06. The summed E-state index contributed by atoms with van der Waals surface area (Å²) in [5.41, 5.74) is 2.38. The van der Waals surface area contributed by atoms with Crippen LogP contribution >= 0.6 is 11.8 Å². The van der Waals surface area contributed by atoms with Crippen LogP contribution in [0, 0.1) is 0 Å². The van der Waals surface area contributed by atoms with Gasteiger partial charge in [-0.05, 0) is 24.1 Å². The molecule has 0 saturated carbocycles. The Bertz CT molecular complexity index is 723. The van der Waals surface area contributed by atoms with E-state index in [1.807, 2.05) is 12.1 Å². The van der Waals surface area contributed by atoms with Crippen molar-refractivity contribution in [3.05, 3.63) is 72.1 Å². The van der Waals surface area contributed by atoms with Crippen molar-refractivity contribution in [1.29, 1.82) is 0 Å². The number of rotatable bonds is 7. The average molecular weight is 323 g/mol. The third-order valence-corrected chi connectivity index (χ3v) is 4.66. The van der Waals surface area contributed by atoms with Crippen molar-refractivity contribution in [2.45, 2.75) is 31.3 Å². The molecule has 0 atom stereocenters. The van der Waals surface area contributed by atoms with E-state index in [4.69, 9.17) is 0 Å². The first kappa shape index (κ1) is 15.8.